The van der Waals surface area contributed by atoms with E-state index in [4.69, 9.17) is 35.9 Å². The lowest BCUT2D eigenvalue weighted by Gasteiger charge is -2.44. The molecule has 0 saturated carbocycles. The van der Waals surface area contributed by atoms with E-state index in [-0.39, 0.29) is 4.32 Å². The van der Waals surface area contributed by atoms with Crippen molar-refractivity contribution in [1.29, 1.82) is 0 Å². The van der Waals surface area contributed by atoms with Crippen LogP contribution in [0.2, 0.25) is 0 Å². The molecule has 16 heavy (non-hydrogen) atoms. The Morgan fingerprint density at radius 1 is 1.25 bits per heavy atom. The van der Waals surface area contributed by atoms with Crippen LogP contribution in [0.5, 0.6) is 0 Å². The monoisotopic (exact) mass is 270 g/mol. The molecule has 1 heterocycles. The Labute approximate surface area is 100 Å². The molecule has 2 N–H and O–H groups in total. The van der Waals surface area contributed by atoms with Gasteiger partial charge in [-0.2, -0.15) is 0 Å². The van der Waals surface area contributed by atoms with Crippen LogP contribution in [0.3, 0.4) is 0 Å². The van der Waals surface area contributed by atoms with Crippen LogP contribution in [0, 0.1) is 0 Å². The predicted octanol–water partition coefficient (Wildman–Crippen LogP) is -0.139. The normalized spacial score (nSPS) is 24.9. The smallest absolute Gasteiger partial charge is 0.329 e. The average molecular weight is 270 g/mol. The van der Waals surface area contributed by atoms with Gasteiger partial charge in [0.1, 0.15) is 0 Å². The number of rotatable bonds is 4. The lowest BCUT2D eigenvalue weighted by molar-refractivity contribution is -0.179. The topological polar surface area (TPSA) is 83.3 Å². The molecule has 0 aromatic carbocycles. The molecule has 0 bridgehead atoms. The molecular weight excluding hydrogens is 256 g/mol. The van der Waals surface area contributed by atoms with Gasteiger partial charge in [0, 0.05) is 14.2 Å². The highest BCUT2D eigenvalue weighted by molar-refractivity contribution is 8.45. The minimum Gasteiger partial charge on any atom is -0.329 e. The molecule has 0 aromatic heterocycles. The molecule has 0 radical (unpaired) electrons. The molecule has 0 unspecified atom stereocenters. The Balaban J connectivity index is 3.42. The number of nitrogens with two attached hydrogens (primary N) is 1. The highest BCUT2D eigenvalue weighted by Crippen LogP contribution is 2.66. The molecule has 1 fully saturated rings. The summed E-state index contributed by atoms with van der Waals surface area (Å²) in [4.78, 5) is 12.0. The van der Waals surface area contributed by atoms with E-state index in [9.17, 15) is 4.79 Å². The molecule has 0 aliphatic carbocycles. The molecular formula is C7H14N2O5S2. The van der Waals surface area contributed by atoms with Crippen LogP contribution < -0.4 is 5.84 Å². The molecule has 94 valence electrons. The molecule has 1 aliphatic rings. The van der Waals surface area contributed by atoms with E-state index in [2.05, 4.69) is 0 Å². The summed E-state index contributed by atoms with van der Waals surface area (Å²) in [5.41, 5.74) is 0. The fourth-order valence-electron chi connectivity index (χ4n) is 1.50. The van der Waals surface area contributed by atoms with Gasteiger partial charge in [-0.15, -0.1) is 0 Å². The zero-order valence-electron chi connectivity index (χ0n) is 9.38. The maximum Gasteiger partial charge on any atom is 0.356 e. The third-order valence-electron chi connectivity index (χ3n) is 2.27. The van der Waals surface area contributed by atoms with E-state index in [1.165, 1.54) is 28.4 Å². The molecule has 9 heteroatoms. The van der Waals surface area contributed by atoms with Crippen molar-refractivity contribution >= 4 is 33.0 Å². The molecule has 0 spiro atoms. The number of hydrazine groups is 1. The van der Waals surface area contributed by atoms with Gasteiger partial charge in [0.25, 0.3) is 0 Å². The highest BCUT2D eigenvalue weighted by Gasteiger charge is 2.66. The Kier molecular flexibility index (Phi) is 3.90. The predicted molar refractivity (Wildman–Crippen MR) is 62.0 cm³/mol. The van der Waals surface area contributed by atoms with Gasteiger partial charge in [-0.3, -0.25) is 13.2 Å². The van der Waals surface area contributed by atoms with Gasteiger partial charge in [-0.1, -0.05) is 10.6 Å². The third kappa shape index (κ3) is 1.34. The summed E-state index contributed by atoms with van der Waals surface area (Å²) in [6.07, 6.45) is 0. The van der Waals surface area contributed by atoms with E-state index in [0.29, 0.717) is 0 Å². The lowest BCUT2D eigenvalue weighted by atomic mass is 10.5. The lowest BCUT2D eigenvalue weighted by Crippen LogP contribution is -2.47. The number of ether oxygens (including phenoxy) is 2. The van der Waals surface area contributed by atoms with E-state index < -0.39 is 21.6 Å². The Hall–Kier alpha value is -0.290. The first kappa shape index (κ1) is 13.8. The molecule has 7 nitrogen and oxygen atoms in total. The summed E-state index contributed by atoms with van der Waals surface area (Å²) in [6.45, 7) is 0. The first-order chi connectivity index (χ1) is 7.47. The molecule has 1 saturated heterocycles. The Morgan fingerprint density at radius 3 is 1.94 bits per heavy atom. The molecule has 1 aliphatic heterocycles. The first-order valence-corrected chi connectivity index (χ1v) is 6.04. The summed E-state index contributed by atoms with van der Waals surface area (Å²) in [6, 6.07) is 0. The van der Waals surface area contributed by atoms with Crippen molar-refractivity contribution in [2.24, 2.45) is 5.84 Å². The molecule has 0 aromatic rings. The summed E-state index contributed by atoms with van der Waals surface area (Å²) < 4.78 is 20.7. The van der Waals surface area contributed by atoms with Crippen molar-refractivity contribution in [3.63, 3.8) is 0 Å². The van der Waals surface area contributed by atoms with Gasteiger partial charge in [0.15, 0.2) is 0 Å². The van der Waals surface area contributed by atoms with Crippen molar-refractivity contribution in [1.82, 2.24) is 5.01 Å². The van der Waals surface area contributed by atoms with Crippen molar-refractivity contribution in [3.05, 3.63) is 0 Å². The molecule has 1 rings (SSSR count). The number of methoxy groups -OCH3 is 2. The van der Waals surface area contributed by atoms with Crippen LogP contribution in [0.1, 0.15) is 0 Å². The van der Waals surface area contributed by atoms with Crippen LogP contribution in [0.25, 0.3) is 0 Å². The number of hydrogen-bond donors (Lipinski definition) is 1. The van der Waals surface area contributed by atoms with Crippen LogP contribution in [0.15, 0.2) is 0 Å². The van der Waals surface area contributed by atoms with Gasteiger partial charge in [-0.05, 0) is 12.2 Å². The maximum atomic E-state index is 12.0. The fourth-order valence-corrected chi connectivity index (χ4v) is 4.52. The zero-order valence-corrected chi connectivity index (χ0v) is 11.0. The van der Waals surface area contributed by atoms with E-state index in [1.54, 1.807) is 0 Å². The SMILES string of the molecule is COC1(OC)C(=O)N(N)C(=S)S1(OC)OC. The third-order valence-corrected chi connectivity index (χ3v) is 5.93. The summed E-state index contributed by atoms with van der Waals surface area (Å²) in [7, 11) is 2.61. The zero-order chi connectivity index (χ0) is 12.6. The number of hydrogen-bond acceptors (Lipinski definition) is 7. The largest absolute Gasteiger partial charge is 0.356 e. The maximum absolute atomic E-state index is 12.0. The van der Waals surface area contributed by atoms with Gasteiger partial charge < -0.3 is 9.47 Å². The van der Waals surface area contributed by atoms with Crippen LogP contribution in [-0.2, 0) is 22.6 Å². The second-order valence-electron chi connectivity index (χ2n) is 2.74. The van der Waals surface area contributed by atoms with Gasteiger partial charge in [-0.25, -0.2) is 10.9 Å². The number of carbonyl (C=O) groups excluding carboxylic acids is 1. The number of carbonyl (C=O) groups is 1. The number of nitrogens with zero attached hydrogens (tertiary/aromatic N) is 1. The van der Waals surface area contributed by atoms with E-state index >= 15 is 0 Å². The molecule has 0 atom stereocenters. The van der Waals surface area contributed by atoms with Crippen molar-refractivity contribution in [3.8, 4) is 0 Å². The summed E-state index contributed by atoms with van der Waals surface area (Å²) in [5.74, 6) is 4.87. The van der Waals surface area contributed by atoms with E-state index in [1.807, 2.05) is 0 Å². The minimum absolute atomic E-state index is 0.0196. The number of thiocarbonyl (C=S) groups is 1. The van der Waals surface area contributed by atoms with Crippen molar-refractivity contribution in [2.45, 2.75) is 5.12 Å². The fraction of sp³-hybridized carbons (Fsp3) is 0.714. The number of amides is 1. The van der Waals surface area contributed by atoms with Crippen LogP contribution >= 0.6 is 22.8 Å². The van der Waals surface area contributed by atoms with Crippen molar-refractivity contribution in [2.75, 3.05) is 28.4 Å². The highest BCUT2D eigenvalue weighted by atomic mass is 32.3. The summed E-state index contributed by atoms with van der Waals surface area (Å²) >= 11 is 5.04. The van der Waals surface area contributed by atoms with Crippen LogP contribution in [-0.4, -0.2) is 48.8 Å². The second-order valence-corrected chi connectivity index (χ2v) is 5.99. The minimum atomic E-state index is -2.68. The van der Waals surface area contributed by atoms with Crippen LogP contribution in [0.4, 0.5) is 0 Å². The average Bonchev–Trinajstić information content (AvgIpc) is 2.48. The van der Waals surface area contributed by atoms with E-state index in [0.717, 1.165) is 5.01 Å². The quantitative estimate of drug-likeness (QED) is 0.329. The first-order valence-electron chi connectivity index (χ1n) is 4.15. The summed E-state index contributed by atoms with van der Waals surface area (Å²) in [5, 5.41) is -0.993. The standard InChI is InChI=1S/C7H14N2O5S2/c1-11-7(12-2)5(10)9(8)6(15)16(7,13-3)14-4/h8H2,1-4H3. The van der Waals surface area contributed by atoms with Gasteiger partial charge in [0.05, 0.1) is 14.2 Å². The van der Waals surface area contributed by atoms with Gasteiger partial charge >= 0.3 is 11.0 Å². The Morgan fingerprint density at radius 2 is 1.69 bits per heavy atom. The second kappa shape index (κ2) is 4.53. The molecule has 1 amide bonds. The van der Waals surface area contributed by atoms with Crippen molar-refractivity contribution < 1.29 is 22.6 Å². The van der Waals surface area contributed by atoms with Gasteiger partial charge in [0.2, 0.25) is 4.32 Å². The Bertz CT molecular complexity index is 286.